The molecule has 0 unspecified atom stereocenters. The van der Waals surface area contributed by atoms with E-state index in [2.05, 4.69) is 24.3 Å². The van der Waals surface area contributed by atoms with Crippen molar-refractivity contribution in [3.63, 3.8) is 0 Å². The van der Waals surface area contributed by atoms with Gasteiger partial charge in [0, 0.05) is 25.7 Å². The van der Waals surface area contributed by atoms with E-state index < -0.39 is 0 Å². The predicted molar refractivity (Wildman–Crippen MR) is 97.8 cm³/mol. The molecule has 0 aliphatic rings. The maximum atomic E-state index is 8.70. The largest absolute Gasteiger partial charge is 0.198 e. The Kier molecular flexibility index (Phi) is 16.3. The van der Waals surface area contributed by atoms with Crippen LogP contribution in [-0.2, 0) is 0 Å². The van der Waals surface area contributed by atoms with E-state index in [0.717, 1.165) is 24.6 Å². The van der Waals surface area contributed by atoms with Gasteiger partial charge in [-0.3, -0.25) is 0 Å². The van der Waals surface area contributed by atoms with Gasteiger partial charge >= 0.3 is 0 Å². The molecule has 0 spiro atoms. The van der Waals surface area contributed by atoms with Crippen molar-refractivity contribution in [2.75, 3.05) is 37.0 Å². The van der Waals surface area contributed by atoms with Gasteiger partial charge in [0.25, 0.3) is 0 Å². The lowest BCUT2D eigenvalue weighted by Crippen LogP contribution is -1.98. The fraction of sp³-hybridized carbons (Fsp3) is 0.765. The molecule has 0 aromatic heterocycles. The molecule has 0 saturated carbocycles. The Bertz CT molecular complexity index is 375. The van der Waals surface area contributed by atoms with E-state index in [1.54, 1.807) is 0 Å². The molecule has 0 aromatic carbocycles. The molecule has 0 heterocycles. The normalized spacial score (nSPS) is 10.0. The molecule has 23 heavy (non-hydrogen) atoms. The molecule has 0 bridgehead atoms. The van der Waals surface area contributed by atoms with Gasteiger partial charge in [0.2, 0.25) is 0 Å². The highest BCUT2D eigenvalue weighted by Crippen LogP contribution is 2.40. The molecule has 124 valence electrons. The van der Waals surface area contributed by atoms with E-state index in [0.29, 0.717) is 25.7 Å². The predicted octanol–water partition coefficient (Wildman–Crippen LogP) is 4.78. The van der Waals surface area contributed by atoms with Gasteiger partial charge in [-0.1, -0.05) is 6.42 Å². The quantitative estimate of drug-likeness (QED) is 0.333. The number of rotatable bonds is 14. The first-order valence-corrected chi connectivity index (χ1v) is 12.0. The second-order valence-corrected chi connectivity index (χ2v) is 10.7. The minimum atomic E-state index is -0.149. The Hall–Kier alpha value is -1.18. The summed E-state index contributed by atoms with van der Waals surface area (Å²) in [6, 6.07) is 8.85. The molecule has 0 aliphatic heterocycles. The minimum absolute atomic E-state index is 0.149. The summed E-state index contributed by atoms with van der Waals surface area (Å²) in [7, 11) is -0.298. The van der Waals surface area contributed by atoms with Gasteiger partial charge in [-0.25, -0.2) is 0 Å². The van der Waals surface area contributed by atoms with Crippen LogP contribution < -0.4 is 0 Å². The Morgan fingerprint density at radius 3 is 1.00 bits per heavy atom. The summed E-state index contributed by atoms with van der Waals surface area (Å²) < 4.78 is 0. The zero-order valence-electron chi connectivity index (χ0n) is 13.9. The van der Waals surface area contributed by atoms with Crippen LogP contribution in [0.15, 0.2) is 0 Å². The summed E-state index contributed by atoms with van der Waals surface area (Å²) in [5, 5.41) is 34.8. The fourth-order valence-corrected chi connectivity index (χ4v) is 6.70. The lowest BCUT2D eigenvalue weighted by molar-refractivity contribution is 0.777. The molecule has 0 amide bonds. The third kappa shape index (κ3) is 14.2. The van der Waals surface area contributed by atoms with Crippen LogP contribution in [0, 0.1) is 45.3 Å². The minimum Gasteiger partial charge on any atom is -0.198 e. The van der Waals surface area contributed by atoms with Crippen LogP contribution >= 0.6 is 15.8 Å². The zero-order chi connectivity index (χ0) is 17.2. The van der Waals surface area contributed by atoms with Gasteiger partial charge in [0.1, 0.15) is 0 Å². The molecule has 4 nitrogen and oxygen atoms in total. The zero-order valence-corrected chi connectivity index (χ0v) is 15.7. The van der Waals surface area contributed by atoms with Crippen molar-refractivity contribution in [1.29, 1.82) is 21.0 Å². The summed E-state index contributed by atoms with van der Waals surface area (Å²) in [4.78, 5) is 0. The van der Waals surface area contributed by atoms with Crippen molar-refractivity contribution < 1.29 is 0 Å². The Balaban J connectivity index is 3.91. The smallest absolute Gasteiger partial charge is 0.0625 e. The van der Waals surface area contributed by atoms with Crippen LogP contribution in [0.25, 0.3) is 0 Å². The Labute approximate surface area is 143 Å². The lowest BCUT2D eigenvalue weighted by Gasteiger charge is -2.16. The van der Waals surface area contributed by atoms with Gasteiger partial charge in [-0.15, -0.1) is 15.8 Å². The first-order chi connectivity index (χ1) is 11.3. The van der Waals surface area contributed by atoms with Gasteiger partial charge < -0.3 is 0 Å². The van der Waals surface area contributed by atoms with Gasteiger partial charge in [0.15, 0.2) is 0 Å². The second-order valence-electron chi connectivity index (χ2n) is 5.38. The van der Waals surface area contributed by atoms with E-state index in [-0.39, 0.29) is 15.8 Å². The van der Waals surface area contributed by atoms with E-state index in [1.165, 1.54) is 31.6 Å². The average Bonchev–Trinajstić information content (AvgIpc) is 2.57. The van der Waals surface area contributed by atoms with Crippen molar-refractivity contribution in [2.24, 2.45) is 0 Å². The third-order valence-electron chi connectivity index (χ3n) is 3.61. The molecule has 0 fully saturated rings. The van der Waals surface area contributed by atoms with Crippen LogP contribution in [-0.4, -0.2) is 37.0 Å². The molecular weight excluding hydrogens is 322 g/mol. The van der Waals surface area contributed by atoms with Gasteiger partial charge in [-0.2, -0.15) is 21.0 Å². The highest BCUT2D eigenvalue weighted by atomic mass is 31.1. The lowest BCUT2D eigenvalue weighted by atomic mass is 10.3. The van der Waals surface area contributed by atoms with Gasteiger partial charge in [-0.05, 0) is 49.8 Å². The standard InChI is InChI=1S/C17H26N4P2/c18-8-4-14-22(15-5-9-19)12-2-1-3-13-23(16-6-10-20)17-7-11-21/h1-7,12-17H2. The topological polar surface area (TPSA) is 95.2 Å². The summed E-state index contributed by atoms with van der Waals surface area (Å²) in [6.07, 6.45) is 12.3. The first-order valence-electron chi connectivity index (χ1n) is 8.21. The van der Waals surface area contributed by atoms with Crippen molar-refractivity contribution in [2.45, 2.75) is 44.9 Å². The third-order valence-corrected chi connectivity index (χ3v) is 8.93. The molecule has 6 heteroatoms. The van der Waals surface area contributed by atoms with Crippen molar-refractivity contribution >= 4 is 15.8 Å². The number of hydrogen-bond acceptors (Lipinski definition) is 4. The van der Waals surface area contributed by atoms with E-state index in [9.17, 15) is 0 Å². The van der Waals surface area contributed by atoms with Crippen LogP contribution in [0.1, 0.15) is 44.9 Å². The van der Waals surface area contributed by atoms with E-state index in [4.69, 9.17) is 21.0 Å². The number of nitriles is 4. The monoisotopic (exact) mass is 348 g/mol. The van der Waals surface area contributed by atoms with Crippen LogP contribution in [0.3, 0.4) is 0 Å². The molecule has 0 atom stereocenters. The van der Waals surface area contributed by atoms with Crippen molar-refractivity contribution in [3.05, 3.63) is 0 Å². The van der Waals surface area contributed by atoms with E-state index >= 15 is 0 Å². The number of hydrogen-bond donors (Lipinski definition) is 0. The van der Waals surface area contributed by atoms with Gasteiger partial charge in [0.05, 0.1) is 24.3 Å². The maximum Gasteiger partial charge on any atom is 0.0625 e. The fourth-order valence-electron chi connectivity index (χ4n) is 2.35. The summed E-state index contributed by atoms with van der Waals surface area (Å²) >= 11 is 0. The highest BCUT2D eigenvalue weighted by molar-refractivity contribution is 7.57. The average molecular weight is 348 g/mol. The van der Waals surface area contributed by atoms with Crippen molar-refractivity contribution in [3.8, 4) is 24.3 Å². The van der Waals surface area contributed by atoms with Crippen LogP contribution in [0.4, 0.5) is 0 Å². The van der Waals surface area contributed by atoms with Crippen molar-refractivity contribution in [1.82, 2.24) is 0 Å². The Morgan fingerprint density at radius 1 is 0.435 bits per heavy atom. The molecule has 0 saturated heterocycles. The molecule has 0 aliphatic carbocycles. The Morgan fingerprint density at radius 2 is 0.739 bits per heavy atom. The SMILES string of the molecule is N#CCCP(CCC#N)CCCCCP(CCC#N)CCC#N. The maximum absolute atomic E-state index is 8.70. The van der Waals surface area contributed by atoms with Crippen LogP contribution in [0.2, 0.25) is 0 Å². The first kappa shape index (κ1) is 21.8. The summed E-state index contributed by atoms with van der Waals surface area (Å²) in [6.45, 7) is 0. The highest BCUT2D eigenvalue weighted by Gasteiger charge is 2.09. The molecule has 0 N–H and O–H groups in total. The van der Waals surface area contributed by atoms with E-state index in [1.807, 2.05) is 0 Å². The number of unbranched alkanes of at least 4 members (excludes halogenated alkanes) is 2. The second kappa shape index (κ2) is 17.2. The van der Waals surface area contributed by atoms with Crippen LogP contribution in [0.5, 0.6) is 0 Å². The molecule has 0 aromatic rings. The number of nitrogens with zero attached hydrogens (tertiary/aromatic N) is 4. The molecular formula is C17H26N4P2. The summed E-state index contributed by atoms with van der Waals surface area (Å²) in [5.74, 6) is 0. The molecule has 0 rings (SSSR count). The molecule has 0 radical (unpaired) electrons. The summed E-state index contributed by atoms with van der Waals surface area (Å²) in [5.41, 5.74) is 0.